The van der Waals surface area contributed by atoms with Crippen molar-refractivity contribution in [2.24, 2.45) is 0 Å². The molecule has 0 spiro atoms. The minimum absolute atomic E-state index is 0.147. The molecule has 1 heterocycles. The highest BCUT2D eigenvalue weighted by Gasteiger charge is 2.29. The Morgan fingerprint density at radius 3 is 2.52 bits per heavy atom. The highest BCUT2D eigenvalue weighted by Crippen LogP contribution is 2.43. The second-order valence-electron chi connectivity index (χ2n) is 8.07. The molecule has 31 heavy (non-hydrogen) atoms. The van der Waals surface area contributed by atoms with Gasteiger partial charge in [-0.15, -0.1) is 0 Å². The molecule has 4 rings (SSSR count). The van der Waals surface area contributed by atoms with Crippen LogP contribution in [0.15, 0.2) is 60.7 Å². The molecule has 3 aromatic rings. The summed E-state index contributed by atoms with van der Waals surface area (Å²) >= 11 is 6.45. The average Bonchev–Trinajstić information content (AvgIpc) is 3.14. The Kier molecular flexibility index (Phi) is 6.19. The highest BCUT2D eigenvalue weighted by atomic mass is 35.5. The van der Waals surface area contributed by atoms with Gasteiger partial charge in [-0.3, -0.25) is 0 Å². The predicted molar refractivity (Wildman–Crippen MR) is 124 cm³/mol. The Bertz CT molecular complexity index is 1080. The van der Waals surface area contributed by atoms with E-state index in [1.54, 1.807) is 11.9 Å². The van der Waals surface area contributed by atoms with Crippen molar-refractivity contribution < 1.29 is 14.3 Å². The molecular formula is C26H26ClNO3. The van der Waals surface area contributed by atoms with Crippen LogP contribution in [-0.4, -0.2) is 30.7 Å². The quantitative estimate of drug-likeness (QED) is 0.479. The first-order valence-corrected chi connectivity index (χ1v) is 10.8. The van der Waals surface area contributed by atoms with Crippen LogP contribution in [0.5, 0.6) is 5.75 Å². The third kappa shape index (κ3) is 4.70. The van der Waals surface area contributed by atoms with Crippen LogP contribution in [0.2, 0.25) is 5.02 Å². The van der Waals surface area contributed by atoms with Gasteiger partial charge in [0.25, 0.3) is 0 Å². The Hall–Kier alpha value is -2.98. The number of rotatable bonds is 5. The molecule has 0 saturated heterocycles. The smallest absolute Gasteiger partial charge is 0.409 e. The maximum Gasteiger partial charge on any atom is 0.409 e. The van der Waals surface area contributed by atoms with Crippen molar-refractivity contribution in [3.8, 4) is 16.9 Å². The van der Waals surface area contributed by atoms with Gasteiger partial charge in [0.05, 0.1) is 6.54 Å². The van der Waals surface area contributed by atoms with Crippen molar-refractivity contribution >= 4 is 17.7 Å². The number of likely N-dealkylation sites (N-methyl/N-ethyl adjacent to an activating group) is 1. The maximum atomic E-state index is 12.4. The van der Waals surface area contributed by atoms with Crippen LogP contribution in [-0.2, 0) is 17.8 Å². The molecule has 0 bridgehead atoms. The summed E-state index contributed by atoms with van der Waals surface area (Å²) < 4.78 is 11.8. The monoisotopic (exact) mass is 435 g/mol. The van der Waals surface area contributed by atoms with Crippen LogP contribution in [0.1, 0.15) is 22.3 Å². The molecular weight excluding hydrogens is 410 g/mol. The van der Waals surface area contributed by atoms with Crippen molar-refractivity contribution in [2.75, 3.05) is 13.6 Å². The summed E-state index contributed by atoms with van der Waals surface area (Å²) in [4.78, 5) is 14.0. The average molecular weight is 436 g/mol. The number of carbonyl (C=O) groups is 1. The van der Waals surface area contributed by atoms with E-state index < -0.39 is 0 Å². The molecule has 1 aliphatic heterocycles. The lowest BCUT2D eigenvalue weighted by Crippen LogP contribution is -2.36. The summed E-state index contributed by atoms with van der Waals surface area (Å²) in [5.74, 6) is 0.859. The van der Waals surface area contributed by atoms with E-state index in [0.29, 0.717) is 18.0 Å². The third-order valence-corrected chi connectivity index (χ3v) is 5.83. The summed E-state index contributed by atoms with van der Waals surface area (Å²) in [7, 11) is 1.74. The van der Waals surface area contributed by atoms with Crippen LogP contribution in [0.4, 0.5) is 4.79 Å². The van der Waals surface area contributed by atoms with Gasteiger partial charge >= 0.3 is 6.09 Å². The summed E-state index contributed by atoms with van der Waals surface area (Å²) in [6, 6.07) is 19.8. The summed E-state index contributed by atoms with van der Waals surface area (Å²) in [6.07, 6.45) is 0.187. The minimum Gasteiger partial charge on any atom is -0.487 e. The van der Waals surface area contributed by atoms with E-state index in [-0.39, 0.29) is 18.8 Å². The van der Waals surface area contributed by atoms with Gasteiger partial charge in [0.15, 0.2) is 0 Å². The van der Waals surface area contributed by atoms with E-state index in [1.165, 1.54) is 11.1 Å². The van der Waals surface area contributed by atoms with Gasteiger partial charge in [-0.1, -0.05) is 60.1 Å². The molecule has 0 aliphatic carbocycles. The van der Waals surface area contributed by atoms with Gasteiger partial charge in [0, 0.05) is 29.6 Å². The Labute approximate surface area is 188 Å². The molecule has 0 fully saturated rings. The normalized spacial score (nSPS) is 14.6. The fourth-order valence-electron chi connectivity index (χ4n) is 4.13. The van der Waals surface area contributed by atoms with Crippen LogP contribution in [0, 0.1) is 13.8 Å². The molecule has 1 aliphatic rings. The largest absolute Gasteiger partial charge is 0.487 e. The lowest BCUT2D eigenvalue weighted by Gasteiger charge is -2.21. The van der Waals surface area contributed by atoms with Crippen molar-refractivity contribution in [1.29, 1.82) is 0 Å². The first kappa shape index (κ1) is 21.3. The minimum atomic E-state index is -0.364. The number of amides is 1. The molecule has 0 saturated carbocycles. The van der Waals surface area contributed by atoms with Crippen LogP contribution in [0.3, 0.4) is 0 Å². The number of halogens is 1. The maximum absolute atomic E-state index is 12.4. The van der Waals surface area contributed by atoms with Gasteiger partial charge in [0.1, 0.15) is 18.5 Å². The van der Waals surface area contributed by atoms with Crippen molar-refractivity contribution in [3.05, 3.63) is 87.9 Å². The van der Waals surface area contributed by atoms with Gasteiger partial charge < -0.3 is 14.4 Å². The van der Waals surface area contributed by atoms with E-state index >= 15 is 0 Å². The lowest BCUT2D eigenvalue weighted by atomic mass is 9.93. The molecule has 1 unspecified atom stereocenters. The standard InChI is InChI=1S/C26H26ClNO3/c1-17-8-7-9-18(2)24(17)23-14-21(27)12-20-13-22(31-25(20)23)15-28(3)26(29)30-16-19-10-5-4-6-11-19/h4-12,14,22H,13,15-16H2,1-3H3. The SMILES string of the molecule is Cc1cccc(C)c1-c1cc(Cl)cc2c1OC(CN(C)C(=O)OCc1ccccc1)C2. The molecule has 4 nitrogen and oxygen atoms in total. The molecule has 0 radical (unpaired) electrons. The Morgan fingerprint density at radius 2 is 1.81 bits per heavy atom. The van der Waals surface area contributed by atoms with Crippen LogP contribution < -0.4 is 4.74 Å². The summed E-state index contributed by atoms with van der Waals surface area (Å²) in [5.41, 5.74) is 6.55. The molecule has 3 aromatic carbocycles. The number of hydrogen-bond acceptors (Lipinski definition) is 3. The van der Waals surface area contributed by atoms with Crippen molar-refractivity contribution in [3.63, 3.8) is 0 Å². The molecule has 160 valence electrons. The first-order chi connectivity index (χ1) is 14.9. The van der Waals surface area contributed by atoms with Gasteiger partial charge in [-0.25, -0.2) is 4.79 Å². The predicted octanol–water partition coefficient (Wildman–Crippen LogP) is 6.20. The summed E-state index contributed by atoms with van der Waals surface area (Å²) in [5, 5.41) is 0.691. The van der Waals surface area contributed by atoms with Gasteiger partial charge in [-0.2, -0.15) is 0 Å². The number of nitrogens with zero attached hydrogens (tertiary/aromatic N) is 1. The fourth-order valence-corrected chi connectivity index (χ4v) is 4.37. The third-order valence-electron chi connectivity index (χ3n) is 5.61. The first-order valence-electron chi connectivity index (χ1n) is 10.4. The number of hydrogen-bond donors (Lipinski definition) is 0. The topological polar surface area (TPSA) is 38.8 Å². The molecule has 0 N–H and O–H groups in total. The van der Waals surface area contributed by atoms with Crippen molar-refractivity contribution in [2.45, 2.75) is 33.0 Å². The lowest BCUT2D eigenvalue weighted by molar-refractivity contribution is 0.0895. The number of benzene rings is 3. The van der Waals surface area contributed by atoms with Gasteiger partial charge in [0.2, 0.25) is 0 Å². The highest BCUT2D eigenvalue weighted by molar-refractivity contribution is 6.31. The van der Waals surface area contributed by atoms with E-state index in [9.17, 15) is 4.79 Å². The van der Waals surface area contributed by atoms with Crippen LogP contribution in [0.25, 0.3) is 11.1 Å². The molecule has 1 amide bonds. The molecule has 0 aromatic heterocycles. The fraction of sp³-hybridized carbons (Fsp3) is 0.269. The zero-order valence-corrected chi connectivity index (χ0v) is 18.8. The van der Waals surface area contributed by atoms with E-state index in [4.69, 9.17) is 21.1 Å². The molecule has 1 atom stereocenters. The van der Waals surface area contributed by atoms with E-state index in [2.05, 4.69) is 32.0 Å². The zero-order chi connectivity index (χ0) is 22.0. The second kappa shape index (κ2) is 9.03. The second-order valence-corrected chi connectivity index (χ2v) is 8.51. The van der Waals surface area contributed by atoms with E-state index in [0.717, 1.165) is 28.0 Å². The van der Waals surface area contributed by atoms with Crippen LogP contribution >= 0.6 is 11.6 Å². The number of carbonyl (C=O) groups excluding carboxylic acids is 1. The number of aryl methyl sites for hydroxylation is 2. The zero-order valence-electron chi connectivity index (χ0n) is 18.0. The Morgan fingerprint density at radius 1 is 1.10 bits per heavy atom. The molecule has 5 heteroatoms. The van der Waals surface area contributed by atoms with Crippen molar-refractivity contribution in [1.82, 2.24) is 4.90 Å². The van der Waals surface area contributed by atoms with E-state index in [1.807, 2.05) is 42.5 Å². The number of ether oxygens (including phenoxy) is 2. The summed E-state index contributed by atoms with van der Waals surface area (Å²) in [6.45, 7) is 4.88. The van der Waals surface area contributed by atoms with Gasteiger partial charge in [-0.05, 0) is 48.2 Å². The number of fused-ring (bicyclic) bond motifs is 1. The Balaban J connectivity index is 1.47.